The van der Waals surface area contributed by atoms with E-state index in [1.807, 2.05) is 6.92 Å². The molecule has 0 bridgehead atoms. The molecule has 0 aromatic carbocycles. The van der Waals surface area contributed by atoms with Crippen LogP contribution < -0.4 is 5.73 Å². The van der Waals surface area contributed by atoms with Gasteiger partial charge in [0, 0.05) is 6.54 Å². The van der Waals surface area contributed by atoms with Crippen molar-refractivity contribution in [3.63, 3.8) is 0 Å². The van der Waals surface area contributed by atoms with Crippen LogP contribution in [0.15, 0.2) is 0 Å². The number of likely N-dealkylation sites (tertiary alicyclic amines) is 1. The maximum Gasteiger partial charge on any atom is 0.326 e. The molecule has 2 atom stereocenters. The van der Waals surface area contributed by atoms with Gasteiger partial charge < -0.3 is 15.7 Å². The second-order valence-corrected chi connectivity index (χ2v) is 4.62. The normalized spacial score (nSPS) is 24.9. The summed E-state index contributed by atoms with van der Waals surface area (Å²) in [5, 5.41) is 9.06. The highest BCUT2D eigenvalue weighted by Gasteiger charge is 2.38. The van der Waals surface area contributed by atoms with Crippen LogP contribution in [0.3, 0.4) is 0 Å². The molecule has 0 saturated carbocycles. The van der Waals surface area contributed by atoms with Crippen molar-refractivity contribution in [2.45, 2.75) is 51.1 Å². The van der Waals surface area contributed by atoms with Gasteiger partial charge in [0.05, 0.1) is 5.54 Å². The molecule has 1 amide bonds. The topological polar surface area (TPSA) is 83.6 Å². The van der Waals surface area contributed by atoms with Crippen molar-refractivity contribution in [2.75, 3.05) is 6.54 Å². The summed E-state index contributed by atoms with van der Waals surface area (Å²) < 4.78 is 0. The molecular formula is C11H20N2O3. The Morgan fingerprint density at radius 3 is 2.62 bits per heavy atom. The molecule has 2 unspecified atom stereocenters. The number of carboxylic acid groups (broad SMARTS) is 1. The fourth-order valence-corrected chi connectivity index (χ4v) is 1.91. The monoisotopic (exact) mass is 228 g/mol. The summed E-state index contributed by atoms with van der Waals surface area (Å²) in [6.45, 7) is 3.99. The summed E-state index contributed by atoms with van der Waals surface area (Å²) in [6, 6.07) is -0.698. The summed E-state index contributed by atoms with van der Waals surface area (Å²) in [5.74, 6) is -1.18. The lowest BCUT2D eigenvalue weighted by Crippen LogP contribution is -2.58. The number of carbonyl (C=O) groups excluding carboxylic acids is 1. The fourth-order valence-electron chi connectivity index (χ4n) is 1.91. The van der Waals surface area contributed by atoms with E-state index in [1.54, 1.807) is 6.92 Å². The molecule has 0 aromatic rings. The number of piperidine rings is 1. The first-order chi connectivity index (χ1) is 7.40. The first-order valence-electron chi connectivity index (χ1n) is 5.73. The van der Waals surface area contributed by atoms with Gasteiger partial charge in [-0.1, -0.05) is 6.92 Å². The molecule has 0 aliphatic carbocycles. The Morgan fingerprint density at radius 2 is 2.12 bits per heavy atom. The zero-order valence-corrected chi connectivity index (χ0v) is 9.90. The van der Waals surface area contributed by atoms with Gasteiger partial charge in [-0.3, -0.25) is 4.79 Å². The van der Waals surface area contributed by atoms with Crippen molar-refractivity contribution in [1.29, 1.82) is 0 Å². The second kappa shape index (κ2) is 4.82. The van der Waals surface area contributed by atoms with Gasteiger partial charge in [-0.2, -0.15) is 0 Å². The number of carbonyl (C=O) groups is 2. The van der Waals surface area contributed by atoms with Crippen molar-refractivity contribution in [3.8, 4) is 0 Å². The molecule has 92 valence electrons. The highest BCUT2D eigenvalue weighted by atomic mass is 16.4. The Balaban J connectivity index is 2.83. The Kier molecular flexibility index (Phi) is 3.91. The fraction of sp³-hybridized carbons (Fsp3) is 0.818. The maximum atomic E-state index is 12.1. The van der Waals surface area contributed by atoms with Crippen molar-refractivity contribution in [3.05, 3.63) is 0 Å². The van der Waals surface area contributed by atoms with E-state index < -0.39 is 17.6 Å². The van der Waals surface area contributed by atoms with E-state index in [0.29, 0.717) is 19.4 Å². The summed E-state index contributed by atoms with van der Waals surface area (Å²) in [5.41, 5.74) is 4.92. The van der Waals surface area contributed by atoms with Gasteiger partial charge in [0.1, 0.15) is 6.04 Å². The number of hydrogen-bond donors (Lipinski definition) is 2. The van der Waals surface area contributed by atoms with Crippen LogP contribution in [0.5, 0.6) is 0 Å². The van der Waals surface area contributed by atoms with Crippen LogP contribution in [0.2, 0.25) is 0 Å². The summed E-state index contributed by atoms with van der Waals surface area (Å²) >= 11 is 0. The van der Waals surface area contributed by atoms with E-state index >= 15 is 0 Å². The van der Waals surface area contributed by atoms with Gasteiger partial charge in [-0.15, -0.1) is 0 Å². The molecule has 1 heterocycles. The smallest absolute Gasteiger partial charge is 0.326 e. The molecular weight excluding hydrogens is 208 g/mol. The average molecular weight is 228 g/mol. The molecule has 0 aromatic heterocycles. The first kappa shape index (κ1) is 13.0. The van der Waals surface area contributed by atoms with Crippen LogP contribution in [0.25, 0.3) is 0 Å². The number of carboxylic acids is 1. The van der Waals surface area contributed by atoms with E-state index in [1.165, 1.54) is 4.90 Å². The van der Waals surface area contributed by atoms with E-state index in [-0.39, 0.29) is 5.91 Å². The Hall–Kier alpha value is -1.10. The van der Waals surface area contributed by atoms with Gasteiger partial charge >= 0.3 is 5.97 Å². The van der Waals surface area contributed by atoms with Crippen molar-refractivity contribution in [1.82, 2.24) is 4.90 Å². The molecule has 0 spiro atoms. The quantitative estimate of drug-likeness (QED) is 0.740. The molecule has 5 nitrogen and oxygen atoms in total. The van der Waals surface area contributed by atoms with Gasteiger partial charge in [-0.05, 0) is 32.6 Å². The third-order valence-electron chi connectivity index (χ3n) is 3.27. The molecule has 1 aliphatic heterocycles. The predicted octanol–water partition coefficient (Wildman–Crippen LogP) is 0.579. The zero-order valence-electron chi connectivity index (χ0n) is 9.90. The number of rotatable bonds is 3. The number of hydrogen-bond acceptors (Lipinski definition) is 3. The molecule has 1 saturated heterocycles. The van der Waals surface area contributed by atoms with Crippen LogP contribution in [0.1, 0.15) is 39.5 Å². The van der Waals surface area contributed by atoms with Crippen LogP contribution in [0.4, 0.5) is 0 Å². The van der Waals surface area contributed by atoms with Gasteiger partial charge in [0.2, 0.25) is 5.91 Å². The molecule has 0 radical (unpaired) electrons. The van der Waals surface area contributed by atoms with Gasteiger partial charge in [0.25, 0.3) is 0 Å². The van der Waals surface area contributed by atoms with Gasteiger partial charge in [0.15, 0.2) is 0 Å². The molecule has 1 rings (SSSR count). The lowest BCUT2D eigenvalue weighted by molar-refractivity contribution is -0.154. The van der Waals surface area contributed by atoms with E-state index in [4.69, 9.17) is 10.8 Å². The summed E-state index contributed by atoms with van der Waals surface area (Å²) in [4.78, 5) is 24.6. The summed E-state index contributed by atoms with van der Waals surface area (Å²) in [6.07, 6.45) is 2.75. The lowest BCUT2D eigenvalue weighted by atomic mass is 9.94. The highest BCUT2D eigenvalue weighted by Crippen LogP contribution is 2.21. The highest BCUT2D eigenvalue weighted by molar-refractivity contribution is 5.89. The van der Waals surface area contributed by atoms with Crippen LogP contribution >= 0.6 is 0 Å². The zero-order chi connectivity index (χ0) is 12.3. The van der Waals surface area contributed by atoms with Gasteiger partial charge in [-0.25, -0.2) is 4.79 Å². The molecule has 16 heavy (non-hydrogen) atoms. The minimum absolute atomic E-state index is 0.248. The number of aliphatic carboxylic acids is 1. The molecule has 5 heteroatoms. The minimum Gasteiger partial charge on any atom is -0.480 e. The van der Waals surface area contributed by atoms with E-state index in [2.05, 4.69) is 0 Å². The largest absolute Gasteiger partial charge is 0.480 e. The Morgan fingerprint density at radius 1 is 1.50 bits per heavy atom. The van der Waals surface area contributed by atoms with Crippen molar-refractivity contribution < 1.29 is 14.7 Å². The van der Waals surface area contributed by atoms with Crippen molar-refractivity contribution >= 4 is 11.9 Å². The third-order valence-corrected chi connectivity index (χ3v) is 3.27. The molecule has 1 aliphatic rings. The number of amides is 1. The predicted molar refractivity (Wildman–Crippen MR) is 59.9 cm³/mol. The molecule has 3 N–H and O–H groups in total. The third kappa shape index (κ3) is 2.52. The van der Waals surface area contributed by atoms with E-state index in [9.17, 15) is 9.59 Å². The second-order valence-electron chi connectivity index (χ2n) is 4.62. The Bertz CT molecular complexity index is 289. The first-order valence-corrected chi connectivity index (χ1v) is 5.73. The van der Waals surface area contributed by atoms with Crippen LogP contribution in [-0.4, -0.2) is 40.0 Å². The summed E-state index contributed by atoms with van der Waals surface area (Å²) in [7, 11) is 0. The number of nitrogens with two attached hydrogens (primary N) is 1. The molecule has 1 fully saturated rings. The van der Waals surface area contributed by atoms with Crippen LogP contribution in [0, 0.1) is 0 Å². The van der Waals surface area contributed by atoms with Crippen molar-refractivity contribution in [2.24, 2.45) is 5.73 Å². The number of nitrogens with zero attached hydrogens (tertiary/aromatic N) is 1. The lowest BCUT2D eigenvalue weighted by Gasteiger charge is -2.37. The standard InChI is InChI=1S/C11H20N2O3/c1-3-11(2,12)10(16)13-7-5-4-6-8(13)9(14)15/h8H,3-7,12H2,1-2H3,(H,14,15). The Labute approximate surface area is 95.6 Å². The maximum absolute atomic E-state index is 12.1. The minimum atomic E-state index is -0.953. The SMILES string of the molecule is CCC(C)(N)C(=O)N1CCCCC1C(=O)O. The van der Waals surface area contributed by atoms with E-state index in [0.717, 1.165) is 12.8 Å². The van der Waals surface area contributed by atoms with Crippen LogP contribution in [-0.2, 0) is 9.59 Å². The average Bonchev–Trinajstić information content (AvgIpc) is 2.28.